The monoisotopic (exact) mass is 246 g/mol. The smallest absolute Gasteiger partial charge is 0.0304 e. The first kappa shape index (κ1) is 13.6. The van der Waals surface area contributed by atoms with Crippen LogP contribution in [0.25, 0.3) is 0 Å². The van der Waals surface area contributed by atoms with Gasteiger partial charge >= 0.3 is 0 Å². The summed E-state index contributed by atoms with van der Waals surface area (Å²) in [7, 11) is 0. The maximum Gasteiger partial charge on any atom is 0.0304 e. The van der Waals surface area contributed by atoms with E-state index < -0.39 is 0 Å². The molecule has 1 aliphatic rings. The zero-order valence-corrected chi connectivity index (χ0v) is 11.9. The average Bonchev–Trinajstić information content (AvgIpc) is 2.78. The van der Waals surface area contributed by atoms with Crippen molar-refractivity contribution in [3.8, 4) is 0 Å². The van der Waals surface area contributed by atoms with Crippen molar-refractivity contribution in [3.05, 3.63) is 34.9 Å². The van der Waals surface area contributed by atoms with Crippen LogP contribution in [-0.4, -0.2) is 6.04 Å². The summed E-state index contributed by atoms with van der Waals surface area (Å²) in [4.78, 5) is 0. The van der Waals surface area contributed by atoms with Crippen LogP contribution in [0, 0.1) is 19.3 Å². The van der Waals surface area contributed by atoms with Gasteiger partial charge < -0.3 is 0 Å². The van der Waals surface area contributed by atoms with Gasteiger partial charge in [-0.25, -0.2) is 0 Å². The number of hydrogen-bond acceptors (Lipinski definition) is 2. The molecule has 1 saturated carbocycles. The van der Waals surface area contributed by atoms with Crippen LogP contribution in [0.3, 0.4) is 0 Å². The Morgan fingerprint density at radius 3 is 2.44 bits per heavy atom. The fourth-order valence-electron chi connectivity index (χ4n) is 3.20. The van der Waals surface area contributed by atoms with Crippen molar-refractivity contribution < 1.29 is 0 Å². The summed E-state index contributed by atoms with van der Waals surface area (Å²) >= 11 is 0. The predicted molar refractivity (Wildman–Crippen MR) is 77.3 cm³/mol. The van der Waals surface area contributed by atoms with Gasteiger partial charge in [0.25, 0.3) is 0 Å². The summed E-state index contributed by atoms with van der Waals surface area (Å²) in [6.07, 6.45) is 6.33. The molecule has 0 radical (unpaired) electrons. The van der Waals surface area contributed by atoms with E-state index in [2.05, 4.69) is 44.4 Å². The Hall–Kier alpha value is -0.860. The molecule has 0 saturated heterocycles. The quantitative estimate of drug-likeness (QED) is 0.632. The summed E-state index contributed by atoms with van der Waals surface area (Å²) in [5.74, 6) is 5.80. The zero-order chi connectivity index (χ0) is 13.2. The summed E-state index contributed by atoms with van der Waals surface area (Å²) in [6, 6.07) is 7.15. The van der Waals surface area contributed by atoms with Crippen molar-refractivity contribution in [2.45, 2.75) is 58.9 Å². The van der Waals surface area contributed by atoms with E-state index in [9.17, 15) is 0 Å². The molecule has 0 amide bonds. The van der Waals surface area contributed by atoms with Gasteiger partial charge in [0.2, 0.25) is 0 Å². The Morgan fingerprint density at radius 2 is 1.89 bits per heavy atom. The van der Waals surface area contributed by atoms with E-state index in [1.807, 2.05) is 0 Å². The molecule has 1 aromatic carbocycles. The van der Waals surface area contributed by atoms with Crippen LogP contribution in [-0.2, 0) is 6.42 Å². The minimum absolute atomic E-state index is 0.369. The Labute approximate surface area is 111 Å². The highest BCUT2D eigenvalue weighted by atomic mass is 15.2. The largest absolute Gasteiger partial charge is 0.271 e. The van der Waals surface area contributed by atoms with Gasteiger partial charge in [-0.1, -0.05) is 38.0 Å². The molecule has 2 rings (SSSR count). The average molecular weight is 246 g/mol. The van der Waals surface area contributed by atoms with Crippen molar-refractivity contribution in [1.29, 1.82) is 0 Å². The van der Waals surface area contributed by atoms with Crippen molar-refractivity contribution in [2.24, 2.45) is 11.3 Å². The molecule has 1 atom stereocenters. The second-order valence-electron chi connectivity index (χ2n) is 6.20. The number of benzene rings is 1. The Bertz CT molecular complexity index is 406. The predicted octanol–water partition coefficient (Wildman–Crippen LogP) is 3.26. The van der Waals surface area contributed by atoms with E-state index in [1.54, 1.807) is 0 Å². The van der Waals surface area contributed by atoms with Crippen LogP contribution in [0.4, 0.5) is 0 Å². The number of hydrazine groups is 1. The molecule has 2 nitrogen and oxygen atoms in total. The number of hydrogen-bond donors (Lipinski definition) is 2. The molecule has 2 heteroatoms. The second kappa shape index (κ2) is 5.41. The lowest BCUT2D eigenvalue weighted by Crippen LogP contribution is -2.47. The van der Waals surface area contributed by atoms with Gasteiger partial charge in [-0.2, -0.15) is 0 Å². The van der Waals surface area contributed by atoms with E-state index in [0.29, 0.717) is 11.5 Å². The first-order valence-electron chi connectivity index (χ1n) is 7.07. The van der Waals surface area contributed by atoms with Gasteiger partial charge in [0, 0.05) is 6.04 Å². The summed E-state index contributed by atoms with van der Waals surface area (Å²) in [5.41, 5.74) is 7.57. The molecule has 0 bridgehead atoms. The molecular weight excluding hydrogens is 220 g/mol. The number of nitrogens with two attached hydrogens (primary N) is 1. The van der Waals surface area contributed by atoms with E-state index in [1.165, 1.54) is 42.4 Å². The van der Waals surface area contributed by atoms with Gasteiger partial charge in [0.05, 0.1) is 0 Å². The highest BCUT2D eigenvalue weighted by Gasteiger charge is 2.36. The summed E-state index contributed by atoms with van der Waals surface area (Å²) in [5, 5.41) is 0. The first-order chi connectivity index (χ1) is 8.55. The fraction of sp³-hybridized carbons (Fsp3) is 0.625. The zero-order valence-electron chi connectivity index (χ0n) is 11.9. The molecule has 1 aliphatic carbocycles. The number of rotatable bonds is 4. The van der Waals surface area contributed by atoms with Crippen LogP contribution >= 0.6 is 0 Å². The lowest BCUT2D eigenvalue weighted by atomic mass is 9.78. The lowest BCUT2D eigenvalue weighted by Gasteiger charge is -2.34. The number of aryl methyl sites for hydroxylation is 2. The van der Waals surface area contributed by atoms with E-state index in [4.69, 9.17) is 5.84 Å². The van der Waals surface area contributed by atoms with E-state index in [-0.39, 0.29) is 0 Å². The van der Waals surface area contributed by atoms with Gasteiger partial charge in [-0.15, -0.1) is 0 Å². The van der Waals surface area contributed by atoms with Gasteiger partial charge in [-0.3, -0.25) is 11.3 Å². The molecular formula is C16H26N2. The second-order valence-corrected chi connectivity index (χ2v) is 6.20. The van der Waals surface area contributed by atoms with Crippen LogP contribution < -0.4 is 11.3 Å². The standard InChI is InChI=1S/C16H26N2/c1-12-6-7-14(10-13(12)2)11-15(18-17)16(3)8-4-5-9-16/h6-7,10,15,18H,4-5,8-9,11,17H2,1-3H3. The third-order valence-electron chi connectivity index (χ3n) is 4.80. The normalized spacial score (nSPS) is 20.0. The summed E-state index contributed by atoms with van der Waals surface area (Å²) in [6.45, 7) is 6.72. The third-order valence-corrected chi connectivity index (χ3v) is 4.80. The lowest BCUT2D eigenvalue weighted by molar-refractivity contribution is 0.221. The molecule has 1 unspecified atom stereocenters. The maximum absolute atomic E-state index is 5.80. The minimum atomic E-state index is 0.369. The van der Waals surface area contributed by atoms with Crippen LogP contribution in [0.5, 0.6) is 0 Å². The highest BCUT2D eigenvalue weighted by molar-refractivity contribution is 5.30. The van der Waals surface area contributed by atoms with Gasteiger partial charge in [0.15, 0.2) is 0 Å². The van der Waals surface area contributed by atoms with Crippen molar-refractivity contribution in [1.82, 2.24) is 5.43 Å². The molecule has 0 aliphatic heterocycles. The van der Waals surface area contributed by atoms with Crippen LogP contribution in [0.1, 0.15) is 49.3 Å². The SMILES string of the molecule is Cc1ccc(CC(NN)C2(C)CCCC2)cc1C. The van der Waals surface area contributed by atoms with Crippen LogP contribution in [0.15, 0.2) is 18.2 Å². The molecule has 100 valence electrons. The van der Waals surface area contributed by atoms with Crippen molar-refractivity contribution in [3.63, 3.8) is 0 Å². The molecule has 3 N–H and O–H groups in total. The van der Waals surface area contributed by atoms with Crippen molar-refractivity contribution >= 4 is 0 Å². The Kier molecular flexibility index (Phi) is 4.08. The third kappa shape index (κ3) is 2.76. The van der Waals surface area contributed by atoms with Gasteiger partial charge in [0.1, 0.15) is 0 Å². The molecule has 1 aromatic rings. The molecule has 1 fully saturated rings. The Balaban J connectivity index is 2.12. The van der Waals surface area contributed by atoms with Crippen molar-refractivity contribution in [2.75, 3.05) is 0 Å². The molecule has 0 aromatic heterocycles. The molecule has 0 heterocycles. The topological polar surface area (TPSA) is 38.0 Å². The van der Waals surface area contributed by atoms with Gasteiger partial charge in [-0.05, 0) is 55.2 Å². The van der Waals surface area contributed by atoms with E-state index in [0.717, 1.165) is 6.42 Å². The minimum Gasteiger partial charge on any atom is -0.271 e. The fourth-order valence-corrected chi connectivity index (χ4v) is 3.20. The summed E-state index contributed by atoms with van der Waals surface area (Å²) < 4.78 is 0. The molecule has 0 spiro atoms. The van der Waals surface area contributed by atoms with Crippen LogP contribution in [0.2, 0.25) is 0 Å². The first-order valence-corrected chi connectivity index (χ1v) is 7.07. The Morgan fingerprint density at radius 1 is 1.22 bits per heavy atom. The van der Waals surface area contributed by atoms with E-state index >= 15 is 0 Å². The highest BCUT2D eigenvalue weighted by Crippen LogP contribution is 2.41. The molecule has 18 heavy (non-hydrogen) atoms. The maximum atomic E-state index is 5.80. The number of nitrogens with one attached hydrogen (secondary N) is 1.